The number of aliphatic hydroxyl groups is 3. The Morgan fingerprint density at radius 1 is 0.900 bits per heavy atom. The molecule has 0 saturated heterocycles. The summed E-state index contributed by atoms with van der Waals surface area (Å²) in [5.41, 5.74) is 0. The van der Waals surface area contributed by atoms with E-state index in [4.69, 9.17) is 15.3 Å². The van der Waals surface area contributed by atoms with Crippen molar-refractivity contribution in [2.75, 3.05) is 13.2 Å². The van der Waals surface area contributed by atoms with Crippen LogP contribution in [-0.4, -0.2) is 68.4 Å². The van der Waals surface area contributed by atoms with Gasteiger partial charge in [0.2, 0.25) is 0 Å². The third kappa shape index (κ3) is 23.9. The number of hydrogen-bond donors (Lipinski definition) is 3. The van der Waals surface area contributed by atoms with Crippen LogP contribution in [0.1, 0.15) is 0 Å². The largest absolute Gasteiger partial charge is 3.00 e. The second kappa shape index (κ2) is 22.8. The fourth-order valence-corrected chi connectivity index (χ4v) is 0.0577. The molecular weight excluding hydrogens is 159 g/mol. The molecule has 0 aliphatic carbocycles. The van der Waals surface area contributed by atoms with Gasteiger partial charge in [0.15, 0.2) is 0 Å². The molecule has 0 saturated carbocycles. The van der Waals surface area contributed by atoms with Gasteiger partial charge in [0.25, 0.3) is 0 Å². The summed E-state index contributed by atoms with van der Waals surface area (Å²) >= 11 is 0. The first-order chi connectivity index (χ1) is 2.81. The molecule has 0 aliphatic rings. The van der Waals surface area contributed by atoms with Crippen molar-refractivity contribution in [1.82, 2.24) is 0 Å². The third-order valence-corrected chi connectivity index (χ3v) is 0.421. The minimum atomic E-state index is -0.954. The molecule has 0 aromatic carbocycles. The van der Waals surface area contributed by atoms with Gasteiger partial charge in [0, 0.05) is 0 Å². The maximum Gasteiger partial charge on any atom is 3.00 e. The predicted molar refractivity (Wildman–Crippen MR) is 31.7 cm³/mol. The fourth-order valence-electron chi connectivity index (χ4n) is 0.0577. The van der Waals surface area contributed by atoms with Crippen molar-refractivity contribution >= 4 is 17.4 Å². The molecule has 0 spiro atoms. The Labute approximate surface area is 69.2 Å². The Hall–Kier alpha value is 0.292. The van der Waals surface area contributed by atoms with Crippen molar-refractivity contribution in [3.8, 4) is 0 Å². The normalized spacial score (nSPS) is 6.00. The van der Waals surface area contributed by atoms with E-state index in [1.54, 1.807) is 0 Å². The Morgan fingerprint density at radius 2 is 1.10 bits per heavy atom. The predicted octanol–water partition coefficient (Wildman–Crippen LogP) is -2.58. The summed E-state index contributed by atoms with van der Waals surface area (Å²) in [6.45, 7) is -0.729. The van der Waals surface area contributed by atoms with Crippen molar-refractivity contribution in [2.45, 2.75) is 6.10 Å². The van der Waals surface area contributed by atoms with Gasteiger partial charge in [-0.15, -0.1) is 0 Å². The Balaban J connectivity index is -0.0000000208. The van der Waals surface area contributed by atoms with Gasteiger partial charge >= 0.3 is 17.4 Å². The van der Waals surface area contributed by atoms with Crippen LogP contribution in [0.5, 0.6) is 0 Å². The molecule has 0 aromatic rings. The zero-order valence-corrected chi connectivity index (χ0v) is 6.41. The number of hydrogen-bond acceptors (Lipinski definition) is 6. The zero-order chi connectivity index (χ0) is 4.99. The van der Waals surface area contributed by atoms with Gasteiger partial charge in [0.1, 0.15) is 6.10 Å². The van der Waals surface area contributed by atoms with Gasteiger partial charge in [-0.2, -0.15) is 0 Å². The molecule has 0 unspecified atom stereocenters. The molecule has 0 aromatic heterocycles. The Morgan fingerprint density at radius 3 is 1.10 bits per heavy atom. The summed E-state index contributed by atoms with van der Waals surface area (Å²) in [7, 11) is 0. The van der Waals surface area contributed by atoms with E-state index in [1.807, 2.05) is 0 Å². The van der Waals surface area contributed by atoms with E-state index in [0.29, 0.717) is 0 Å². The average Bonchev–Trinajstić information content (AvgIpc) is 1.65. The molecule has 0 atom stereocenters. The van der Waals surface area contributed by atoms with Crippen molar-refractivity contribution in [1.29, 1.82) is 0 Å². The molecule has 0 rings (SSSR count). The Kier molecular flexibility index (Phi) is 72.4. The first kappa shape index (κ1) is 31.7. The number of aliphatic hydroxyl groups excluding tert-OH is 3. The summed E-state index contributed by atoms with van der Waals surface area (Å²) in [5.74, 6) is 0. The summed E-state index contributed by atoms with van der Waals surface area (Å²) in [4.78, 5) is 0. The molecule has 0 heterocycles. The molecule has 62 valence electrons. The standard InChI is InChI=1S/C3H8O3.Al.3H2O/c4-1-3(6)2-5;;;;/h3-6H,1-2H2;;3*1H2/q;+3;;;/p-3. The third-order valence-electron chi connectivity index (χ3n) is 0.421. The molecule has 6 N–H and O–H groups in total. The average molecular weight is 170 g/mol. The summed E-state index contributed by atoms with van der Waals surface area (Å²) in [6, 6.07) is 0. The number of rotatable bonds is 2. The molecule has 0 amide bonds. The smallest absolute Gasteiger partial charge is 0.870 e. The first-order valence-corrected chi connectivity index (χ1v) is 1.71. The van der Waals surface area contributed by atoms with E-state index < -0.39 is 6.10 Å². The van der Waals surface area contributed by atoms with Crippen LogP contribution >= 0.6 is 0 Å². The fraction of sp³-hybridized carbons (Fsp3) is 1.00. The van der Waals surface area contributed by atoms with Crippen LogP contribution in [0.2, 0.25) is 0 Å². The molecule has 0 fully saturated rings. The van der Waals surface area contributed by atoms with Crippen LogP contribution in [0.3, 0.4) is 0 Å². The first-order valence-electron chi connectivity index (χ1n) is 1.71. The van der Waals surface area contributed by atoms with E-state index in [-0.39, 0.29) is 47.0 Å². The van der Waals surface area contributed by atoms with Gasteiger partial charge in [0.05, 0.1) is 13.2 Å². The molecule has 0 bridgehead atoms. The molecule has 7 heteroatoms. The van der Waals surface area contributed by atoms with Gasteiger partial charge in [-0.25, -0.2) is 0 Å². The maximum atomic E-state index is 8.17. The van der Waals surface area contributed by atoms with E-state index >= 15 is 0 Å². The topological polar surface area (TPSA) is 151 Å². The second-order valence-electron chi connectivity index (χ2n) is 1.02. The van der Waals surface area contributed by atoms with Gasteiger partial charge in [-0.1, -0.05) is 0 Å². The van der Waals surface area contributed by atoms with Crippen LogP contribution < -0.4 is 0 Å². The second-order valence-corrected chi connectivity index (χ2v) is 1.02. The summed E-state index contributed by atoms with van der Waals surface area (Å²) in [6.07, 6.45) is -0.954. The van der Waals surface area contributed by atoms with Crippen LogP contribution in [0.25, 0.3) is 0 Å². The zero-order valence-electron chi connectivity index (χ0n) is 5.25. The van der Waals surface area contributed by atoms with Gasteiger partial charge in [-0.3, -0.25) is 0 Å². The Bertz CT molecular complexity index is 32.2. The molecule has 6 nitrogen and oxygen atoms in total. The van der Waals surface area contributed by atoms with E-state index in [9.17, 15) is 0 Å². The summed E-state index contributed by atoms with van der Waals surface area (Å²) in [5, 5.41) is 24.0. The molecule has 0 radical (unpaired) electrons. The monoisotopic (exact) mass is 170 g/mol. The maximum absolute atomic E-state index is 8.17. The quantitative estimate of drug-likeness (QED) is 0.387. The van der Waals surface area contributed by atoms with Crippen LogP contribution in [0.15, 0.2) is 0 Å². The van der Waals surface area contributed by atoms with E-state index in [0.717, 1.165) is 0 Å². The van der Waals surface area contributed by atoms with Crippen LogP contribution in [0.4, 0.5) is 0 Å². The van der Waals surface area contributed by atoms with Gasteiger partial charge < -0.3 is 31.7 Å². The van der Waals surface area contributed by atoms with Crippen molar-refractivity contribution in [3.63, 3.8) is 0 Å². The van der Waals surface area contributed by atoms with Crippen molar-refractivity contribution in [3.05, 3.63) is 0 Å². The van der Waals surface area contributed by atoms with Gasteiger partial charge in [-0.05, 0) is 0 Å². The SMILES string of the molecule is OCC(O)CO.[Al+3].[OH-].[OH-].[OH-]. The molecular formula is C3H11AlO6. The van der Waals surface area contributed by atoms with Crippen molar-refractivity contribution < 1.29 is 31.7 Å². The van der Waals surface area contributed by atoms with Crippen molar-refractivity contribution in [2.24, 2.45) is 0 Å². The molecule has 10 heavy (non-hydrogen) atoms. The molecule has 0 aliphatic heterocycles. The summed E-state index contributed by atoms with van der Waals surface area (Å²) < 4.78 is 0. The van der Waals surface area contributed by atoms with Crippen LogP contribution in [-0.2, 0) is 0 Å². The minimum Gasteiger partial charge on any atom is -0.870 e. The minimum absolute atomic E-state index is 0. The van der Waals surface area contributed by atoms with Crippen LogP contribution in [0, 0.1) is 0 Å². The van der Waals surface area contributed by atoms with E-state index in [2.05, 4.69) is 0 Å². The van der Waals surface area contributed by atoms with E-state index in [1.165, 1.54) is 0 Å².